The lowest BCUT2D eigenvalue weighted by molar-refractivity contribution is 0.483. The SMILES string of the molecule is O=S(=O)(O)c1ccccc1[N]Cc1ccccc1. The first-order valence-electron chi connectivity index (χ1n) is 5.35. The van der Waals surface area contributed by atoms with E-state index in [1.165, 1.54) is 6.07 Å². The Bertz CT molecular complexity index is 624. The first kappa shape index (κ1) is 12.6. The van der Waals surface area contributed by atoms with Crippen LogP contribution in [0.2, 0.25) is 0 Å². The van der Waals surface area contributed by atoms with Gasteiger partial charge in [-0.25, -0.2) is 0 Å². The molecule has 2 rings (SSSR count). The van der Waals surface area contributed by atoms with E-state index in [0.29, 0.717) is 6.54 Å². The molecule has 0 bridgehead atoms. The van der Waals surface area contributed by atoms with E-state index < -0.39 is 10.1 Å². The van der Waals surface area contributed by atoms with Crippen molar-refractivity contribution in [3.8, 4) is 0 Å². The smallest absolute Gasteiger partial charge is 0.282 e. The van der Waals surface area contributed by atoms with Crippen molar-refractivity contribution >= 4 is 15.8 Å². The van der Waals surface area contributed by atoms with Crippen LogP contribution in [0.15, 0.2) is 59.5 Å². The molecule has 0 saturated carbocycles. The molecule has 0 spiro atoms. The highest BCUT2D eigenvalue weighted by molar-refractivity contribution is 7.86. The van der Waals surface area contributed by atoms with Gasteiger partial charge < -0.3 is 0 Å². The fourth-order valence-corrected chi connectivity index (χ4v) is 2.21. The molecular formula is C13H12NO3S. The molecule has 0 aliphatic rings. The molecule has 5 heteroatoms. The first-order valence-corrected chi connectivity index (χ1v) is 6.79. The zero-order valence-electron chi connectivity index (χ0n) is 9.52. The highest BCUT2D eigenvalue weighted by Gasteiger charge is 2.14. The monoisotopic (exact) mass is 262 g/mol. The summed E-state index contributed by atoms with van der Waals surface area (Å²) in [6.45, 7) is 0.368. The van der Waals surface area contributed by atoms with Gasteiger partial charge in [-0.2, -0.15) is 8.42 Å². The van der Waals surface area contributed by atoms with Gasteiger partial charge in [-0.05, 0) is 17.7 Å². The maximum absolute atomic E-state index is 11.2. The van der Waals surface area contributed by atoms with Crippen LogP contribution in [0.5, 0.6) is 0 Å². The zero-order chi connectivity index (χ0) is 13.0. The minimum atomic E-state index is -4.23. The molecule has 0 aromatic heterocycles. The second-order valence-corrected chi connectivity index (χ2v) is 5.13. The third-order valence-corrected chi connectivity index (χ3v) is 3.32. The summed E-state index contributed by atoms with van der Waals surface area (Å²) in [5.74, 6) is 0. The summed E-state index contributed by atoms with van der Waals surface area (Å²) in [5, 5.41) is 4.20. The van der Waals surface area contributed by atoms with Gasteiger partial charge in [-0.1, -0.05) is 42.5 Å². The van der Waals surface area contributed by atoms with E-state index in [1.54, 1.807) is 18.2 Å². The third kappa shape index (κ3) is 3.09. The van der Waals surface area contributed by atoms with E-state index in [2.05, 4.69) is 5.32 Å². The Morgan fingerprint density at radius 2 is 1.56 bits per heavy atom. The van der Waals surface area contributed by atoms with Crippen LogP contribution in [0.1, 0.15) is 5.56 Å². The lowest BCUT2D eigenvalue weighted by atomic mass is 10.2. The molecule has 0 fully saturated rings. The summed E-state index contributed by atoms with van der Waals surface area (Å²) >= 11 is 0. The van der Waals surface area contributed by atoms with Crippen LogP contribution in [0.3, 0.4) is 0 Å². The Balaban J connectivity index is 2.20. The average Bonchev–Trinajstić information content (AvgIpc) is 2.37. The zero-order valence-corrected chi connectivity index (χ0v) is 10.3. The number of nitrogens with zero attached hydrogens (tertiary/aromatic N) is 1. The predicted molar refractivity (Wildman–Crippen MR) is 68.2 cm³/mol. The van der Waals surface area contributed by atoms with E-state index in [-0.39, 0.29) is 10.6 Å². The van der Waals surface area contributed by atoms with Gasteiger partial charge >= 0.3 is 0 Å². The fourth-order valence-electron chi connectivity index (χ4n) is 1.57. The van der Waals surface area contributed by atoms with Crippen LogP contribution >= 0.6 is 0 Å². The van der Waals surface area contributed by atoms with Gasteiger partial charge in [0.05, 0.1) is 12.2 Å². The summed E-state index contributed by atoms with van der Waals surface area (Å²) in [5.41, 5.74) is 1.24. The molecule has 2 aromatic carbocycles. The molecule has 1 radical (unpaired) electrons. The summed E-state index contributed by atoms with van der Waals surface area (Å²) < 4.78 is 31.4. The molecule has 0 aliphatic heterocycles. The lowest BCUT2D eigenvalue weighted by Crippen LogP contribution is -2.05. The Morgan fingerprint density at radius 3 is 2.22 bits per heavy atom. The van der Waals surface area contributed by atoms with Gasteiger partial charge in [0.15, 0.2) is 0 Å². The van der Waals surface area contributed by atoms with Crippen LogP contribution in [0.25, 0.3) is 0 Å². The maximum atomic E-state index is 11.2. The van der Waals surface area contributed by atoms with Crippen molar-refractivity contribution in [2.24, 2.45) is 0 Å². The average molecular weight is 262 g/mol. The van der Waals surface area contributed by atoms with Crippen molar-refractivity contribution in [2.75, 3.05) is 0 Å². The summed E-state index contributed by atoms with van der Waals surface area (Å²) in [6.07, 6.45) is 0. The molecule has 0 saturated heterocycles. The van der Waals surface area contributed by atoms with Crippen LogP contribution < -0.4 is 5.32 Å². The van der Waals surface area contributed by atoms with Crippen molar-refractivity contribution in [3.63, 3.8) is 0 Å². The predicted octanol–water partition coefficient (Wildman–Crippen LogP) is 2.37. The molecule has 2 aromatic rings. The molecular weight excluding hydrogens is 250 g/mol. The molecule has 93 valence electrons. The Morgan fingerprint density at radius 1 is 0.944 bits per heavy atom. The van der Waals surface area contributed by atoms with Gasteiger partial charge in [0, 0.05) is 0 Å². The Kier molecular flexibility index (Phi) is 3.64. The van der Waals surface area contributed by atoms with Crippen molar-refractivity contribution in [2.45, 2.75) is 11.4 Å². The van der Waals surface area contributed by atoms with Crippen molar-refractivity contribution in [3.05, 3.63) is 60.2 Å². The summed E-state index contributed by atoms with van der Waals surface area (Å²) in [4.78, 5) is -0.166. The number of hydrogen-bond acceptors (Lipinski definition) is 2. The largest absolute Gasteiger partial charge is 0.296 e. The highest BCUT2D eigenvalue weighted by atomic mass is 32.2. The molecule has 18 heavy (non-hydrogen) atoms. The number of para-hydroxylation sites is 1. The van der Waals surface area contributed by atoms with E-state index in [1.807, 2.05) is 30.3 Å². The topological polar surface area (TPSA) is 68.5 Å². The van der Waals surface area contributed by atoms with Crippen LogP contribution in [-0.2, 0) is 16.7 Å². The van der Waals surface area contributed by atoms with Gasteiger partial charge in [-0.15, -0.1) is 0 Å². The molecule has 1 N–H and O–H groups in total. The van der Waals surface area contributed by atoms with E-state index in [9.17, 15) is 8.42 Å². The standard InChI is InChI=1S/C13H12NO3S/c15-18(16,17)13-9-5-4-8-12(13)14-10-11-6-2-1-3-7-11/h1-9H,10H2,(H,15,16,17). The van der Waals surface area contributed by atoms with Gasteiger partial charge in [-0.3, -0.25) is 9.87 Å². The van der Waals surface area contributed by atoms with E-state index in [0.717, 1.165) is 5.56 Å². The van der Waals surface area contributed by atoms with Crippen LogP contribution in [0.4, 0.5) is 5.69 Å². The fraction of sp³-hybridized carbons (Fsp3) is 0.0769. The van der Waals surface area contributed by atoms with Crippen LogP contribution in [0, 0.1) is 0 Å². The van der Waals surface area contributed by atoms with Gasteiger partial charge in [0.1, 0.15) is 4.90 Å². The molecule has 0 heterocycles. The molecule has 0 aliphatic carbocycles. The minimum absolute atomic E-state index is 0.166. The molecule has 0 atom stereocenters. The minimum Gasteiger partial charge on any atom is -0.282 e. The number of benzene rings is 2. The second kappa shape index (κ2) is 5.20. The lowest BCUT2D eigenvalue weighted by Gasteiger charge is -2.07. The normalized spacial score (nSPS) is 11.2. The summed E-state index contributed by atoms with van der Waals surface area (Å²) in [7, 11) is -4.23. The molecule has 0 unspecified atom stereocenters. The molecule has 4 nitrogen and oxygen atoms in total. The van der Waals surface area contributed by atoms with Crippen molar-refractivity contribution in [1.29, 1.82) is 0 Å². The second-order valence-electron chi connectivity index (χ2n) is 3.74. The van der Waals surface area contributed by atoms with Crippen molar-refractivity contribution in [1.82, 2.24) is 5.32 Å². The quantitative estimate of drug-likeness (QED) is 0.860. The van der Waals surface area contributed by atoms with E-state index >= 15 is 0 Å². The van der Waals surface area contributed by atoms with E-state index in [4.69, 9.17) is 4.55 Å². The maximum Gasteiger partial charge on any atom is 0.296 e. The first-order chi connectivity index (χ1) is 8.57. The van der Waals surface area contributed by atoms with Crippen molar-refractivity contribution < 1.29 is 13.0 Å². The molecule has 0 amide bonds. The number of rotatable bonds is 4. The van der Waals surface area contributed by atoms with Crippen LogP contribution in [-0.4, -0.2) is 13.0 Å². The van der Waals surface area contributed by atoms with Gasteiger partial charge in [0.25, 0.3) is 10.1 Å². The number of hydrogen-bond donors (Lipinski definition) is 1. The Hall–Kier alpha value is -1.85. The Labute approximate surface area is 106 Å². The highest BCUT2D eigenvalue weighted by Crippen LogP contribution is 2.21. The summed E-state index contributed by atoms with van der Waals surface area (Å²) in [6, 6.07) is 15.6. The third-order valence-electron chi connectivity index (χ3n) is 2.42. The van der Waals surface area contributed by atoms with Gasteiger partial charge in [0.2, 0.25) is 0 Å².